The van der Waals surface area contributed by atoms with E-state index in [2.05, 4.69) is 5.32 Å². The second-order valence-corrected chi connectivity index (χ2v) is 7.77. The van der Waals surface area contributed by atoms with Gasteiger partial charge in [0.05, 0.1) is 6.04 Å². The Morgan fingerprint density at radius 2 is 2.17 bits per heavy atom. The SMILES string of the molecule is CCNC(=O)N(CC)CC(=O)N1CCc2sccc2[C@@H]1COc1cccc(F)c1. The Balaban J connectivity index is 1.75. The summed E-state index contributed by atoms with van der Waals surface area (Å²) < 4.78 is 19.3. The van der Waals surface area contributed by atoms with Crippen molar-refractivity contribution in [3.8, 4) is 5.75 Å². The molecule has 29 heavy (non-hydrogen) atoms. The molecule has 1 aromatic heterocycles. The molecule has 1 aliphatic heterocycles. The van der Waals surface area contributed by atoms with Gasteiger partial charge in [-0.3, -0.25) is 4.79 Å². The second-order valence-electron chi connectivity index (χ2n) is 6.77. The number of hydrogen-bond acceptors (Lipinski definition) is 4. The van der Waals surface area contributed by atoms with E-state index in [0.29, 0.717) is 25.4 Å². The number of nitrogens with zero attached hydrogens (tertiary/aromatic N) is 2. The van der Waals surface area contributed by atoms with E-state index in [4.69, 9.17) is 4.74 Å². The lowest BCUT2D eigenvalue weighted by atomic mass is 10.0. The molecule has 0 saturated heterocycles. The summed E-state index contributed by atoms with van der Waals surface area (Å²) in [6, 6.07) is 7.48. The normalized spacial score (nSPS) is 15.6. The van der Waals surface area contributed by atoms with Crippen molar-refractivity contribution in [2.24, 2.45) is 0 Å². The van der Waals surface area contributed by atoms with E-state index < -0.39 is 0 Å². The summed E-state index contributed by atoms with van der Waals surface area (Å²) >= 11 is 1.67. The summed E-state index contributed by atoms with van der Waals surface area (Å²) in [4.78, 5) is 29.7. The molecular formula is C21H26FN3O3S. The number of rotatable bonds is 7. The molecule has 156 valence electrons. The number of hydrogen-bond donors (Lipinski definition) is 1. The molecule has 0 bridgehead atoms. The molecule has 0 spiro atoms. The summed E-state index contributed by atoms with van der Waals surface area (Å²) in [7, 11) is 0. The fraction of sp³-hybridized carbons (Fsp3) is 0.429. The van der Waals surface area contributed by atoms with Gasteiger partial charge in [0.2, 0.25) is 5.91 Å². The molecule has 3 amide bonds. The van der Waals surface area contributed by atoms with Crippen molar-refractivity contribution in [2.75, 3.05) is 32.8 Å². The van der Waals surface area contributed by atoms with Crippen LogP contribution in [-0.4, -0.2) is 54.5 Å². The van der Waals surface area contributed by atoms with Gasteiger partial charge in [-0.15, -0.1) is 11.3 Å². The lowest BCUT2D eigenvalue weighted by molar-refractivity contribution is -0.135. The molecule has 0 radical (unpaired) electrons. The summed E-state index contributed by atoms with van der Waals surface area (Å²) in [6.45, 7) is 5.45. The van der Waals surface area contributed by atoms with Gasteiger partial charge >= 0.3 is 6.03 Å². The lowest BCUT2D eigenvalue weighted by Crippen LogP contribution is -2.49. The zero-order valence-electron chi connectivity index (χ0n) is 16.7. The van der Waals surface area contributed by atoms with E-state index in [-0.39, 0.29) is 36.9 Å². The Bertz CT molecular complexity index is 857. The number of carbonyl (C=O) groups excluding carboxylic acids is 2. The highest BCUT2D eigenvalue weighted by atomic mass is 32.1. The number of thiophene rings is 1. The van der Waals surface area contributed by atoms with Crippen LogP contribution < -0.4 is 10.1 Å². The molecule has 0 fully saturated rings. The molecule has 1 aliphatic rings. The van der Waals surface area contributed by atoms with E-state index in [1.807, 2.05) is 25.3 Å². The van der Waals surface area contributed by atoms with Crippen LogP contribution >= 0.6 is 11.3 Å². The number of benzene rings is 1. The Morgan fingerprint density at radius 3 is 2.90 bits per heavy atom. The third kappa shape index (κ3) is 5.06. The van der Waals surface area contributed by atoms with Crippen molar-refractivity contribution in [2.45, 2.75) is 26.3 Å². The fourth-order valence-corrected chi connectivity index (χ4v) is 4.38. The number of halogens is 1. The Hall–Kier alpha value is -2.61. The average Bonchev–Trinajstić information content (AvgIpc) is 3.19. The van der Waals surface area contributed by atoms with Gasteiger partial charge in [0.1, 0.15) is 24.7 Å². The van der Waals surface area contributed by atoms with Crippen molar-refractivity contribution in [1.82, 2.24) is 15.1 Å². The molecule has 1 aromatic carbocycles. The monoisotopic (exact) mass is 419 g/mol. The second kappa shape index (κ2) is 9.73. The van der Waals surface area contributed by atoms with Gasteiger partial charge < -0.3 is 19.9 Å². The maximum atomic E-state index is 13.5. The van der Waals surface area contributed by atoms with Crippen molar-refractivity contribution < 1.29 is 18.7 Å². The molecule has 1 N–H and O–H groups in total. The zero-order valence-corrected chi connectivity index (χ0v) is 17.5. The maximum absolute atomic E-state index is 13.5. The summed E-state index contributed by atoms with van der Waals surface area (Å²) in [5.74, 6) is -0.0594. The van der Waals surface area contributed by atoms with E-state index >= 15 is 0 Å². The van der Waals surface area contributed by atoms with Crippen LogP contribution in [0.2, 0.25) is 0 Å². The topological polar surface area (TPSA) is 61.9 Å². The Kier molecular flexibility index (Phi) is 7.09. The number of carbonyl (C=O) groups is 2. The van der Waals surface area contributed by atoms with Crippen molar-refractivity contribution >= 4 is 23.3 Å². The third-order valence-corrected chi connectivity index (χ3v) is 5.94. The first-order valence-electron chi connectivity index (χ1n) is 9.80. The highest BCUT2D eigenvalue weighted by molar-refractivity contribution is 7.10. The summed E-state index contributed by atoms with van der Waals surface area (Å²) in [5, 5.41) is 4.75. The number of fused-ring (bicyclic) bond motifs is 1. The minimum absolute atomic E-state index is 0.0122. The van der Waals surface area contributed by atoms with Gasteiger partial charge in [0, 0.05) is 30.6 Å². The van der Waals surface area contributed by atoms with Gasteiger partial charge in [0.15, 0.2) is 0 Å². The molecular weight excluding hydrogens is 393 g/mol. The van der Waals surface area contributed by atoms with Gasteiger partial charge in [-0.2, -0.15) is 0 Å². The van der Waals surface area contributed by atoms with Crippen LogP contribution in [0, 0.1) is 5.82 Å². The third-order valence-electron chi connectivity index (χ3n) is 4.94. The number of ether oxygens (including phenoxy) is 1. The van der Waals surface area contributed by atoms with Crippen LogP contribution in [0.3, 0.4) is 0 Å². The molecule has 0 saturated carbocycles. The molecule has 2 heterocycles. The van der Waals surface area contributed by atoms with Crippen LogP contribution in [0.25, 0.3) is 0 Å². The van der Waals surface area contributed by atoms with Crippen LogP contribution in [0.5, 0.6) is 5.75 Å². The zero-order chi connectivity index (χ0) is 20.8. The Morgan fingerprint density at radius 1 is 1.34 bits per heavy atom. The van der Waals surface area contributed by atoms with Crippen LogP contribution in [0.1, 0.15) is 30.3 Å². The minimum atomic E-state index is -0.365. The van der Waals surface area contributed by atoms with E-state index in [0.717, 1.165) is 12.0 Å². The highest BCUT2D eigenvalue weighted by Gasteiger charge is 2.33. The predicted molar refractivity (Wildman–Crippen MR) is 111 cm³/mol. The largest absolute Gasteiger partial charge is 0.491 e. The number of nitrogens with one attached hydrogen (secondary N) is 1. The minimum Gasteiger partial charge on any atom is -0.491 e. The number of urea groups is 1. The summed E-state index contributed by atoms with van der Waals surface area (Å²) in [5.41, 5.74) is 1.06. The lowest BCUT2D eigenvalue weighted by Gasteiger charge is -2.37. The molecule has 0 unspecified atom stereocenters. The molecule has 6 nitrogen and oxygen atoms in total. The van der Waals surface area contributed by atoms with E-state index in [1.54, 1.807) is 28.4 Å². The van der Waals surface area contributed by atoms with Gasteiger partial charge in [0.25, 0.3) is 0 Å². The van der Waals surface area contributed by atoms with Crippen LogP contribution in [0.15, 0.2) is 35.7 Å². The first kappa shape index (κ1) is 21.1. The molecule has 8 heteroatoms. The first-order chi connectivity index (χ1) is 14.0. The predicted octanol–water partition coefficient (Wildman–Crippen LogP) is 3.44. The average molecular weight is 420 g/mol. The number of amides is 3. The molecule has 1 atom stereocenters. The van der Waals surface area contributed by atoms with Gasteiger partial charge in [-0.25, -0.2) is 9.18 Å². The maximum Gasteiger partial charge on any atom is 0.317 e. The first-order valence-corrected chi connectivity index (χ1v) is 10.7. The fourth-order valence-electron chi connectivity index (χ4n) is 3.45. The van der Waals surface area contributed by atoms with Gasteiger partial charge in [-0.1, -0.05) is 6.07 Å². The van der Waals surface area contributed by atoms with Crippen molar-refractivity contribution in [3.63, 3.8) is 0 Å². The molecule has 0 aliphatic carbocycles. The quantitative estimate of drug-likeness (QED) is 0.748. The van der Waals surface area contributed by atoms with E-state index in [9.17, 15) is 14.0 Å². The summed E-state index contributed by atoms with van der Waals surface area (Å²) in [6.07, 6.45) is 0.780. The Labute approximate surface area is 174 Å². The van der Waals surface area contributed by atoms with Crippen LogP contribution in [0.4, 0.5) is 9.18 Å². The van der Waals surface area contributed by atoms with Crippen molar-refractivity contribution in [1.29, 1.82) is 0 Å². The van der Waals surface area contributed by atoms with Gasteiger partial charge in [-0.05, 0) is 49.4 Å². The molecule has 2 aromatic rings. The van der Waals surface area contributed by atoms with Crippen LogP contribution in [-0.2, 0) is 11.2 Å². The standard InChI is InChI=1S/C21H26FN3O3S/c1-3-23-21(27)24(4-2)13-20(26)25-10-8-19-17(9-11-29-19)18(25)14-28-16-7-5-6-15(22)12-16/h5-7,9,11-12,18H,3-4,8,10,13-14H2,1-2H3,(H,23,27)/t18-/m0/s1. The number of likely N-dealkylation sites (N-methyl/N-ethyl adjacent to an activating group) is 1. The van der Waals surface area contributed by atoms with Crippen molar-refractivity contribution in [3.05, 3.63) is 52.0 Å². The van der Waals surface area contributed by atoms with E-state index in [1.165, 1.54) is 21.9 Å². The molecule has 3 rings (SSSR count). The smallest absolute Gasteiger partial charge is 0.317 e. The highest BCUT2D eigenvalue weighted by Crippen LogP contribution is 2.34.